The second kappa shape index (κ2) is 6.21. The van der Waals surface area contributed by atoms with E-state index in [1.54, 1.807) is 6.07 Å². The van der Waals surface area contributed by atoms with Gasteiger partial charge in [0.1, 0.15) is 11.6 Å². The van der Waals surface area contributed by atoms with Crippen molar-refractivity contribution in [3.63, 3.8) is 0 Å². The molecule has 0 saturated carbocycles. The summed E-state index contributed by atoms with van der Waals surface area (Å²) in [6.07, 6.45) is 0. The first-order valence-corrected chi connectivity index (χ1v) is 7.84. The zero-order valence-electron chi connectivity index (χ0n) is 12.6. The highest BCUT2D eigenvalue weighted by atomic mass is 32.3. The Morgan fingerprint density at radius 1 is 1.25 bits per heavy atom. The fourth-order valence-electron chi connectivity index (χ4n) is 1.90. The van der Waals surface area contributed by atoms with E-state index in [4.69, 9.17) is 5.26 Å². The fourth-order valence-corrected chi connectivity index (χ4v) is 2.37. The Bertz CT molecular complexity index is 1030. The Morgan fingerprint density at radius 2 is 1.83 bits per heavy atom. The molecule has 0 amide bonds. The highest BCUT2D eigenvalue weighted by Gasteiger charge is 2.17. The van der Waals surface area contributed by atoms with Crippen LogP contribution in [0, 0.1) is 18.3 Å². The standard InChI is InChI=1S/C14H11FN4O4S/c1-8-11(7-16)13(20)19(2)14(21)12(8)18-17-9-3-5-10(6-4-9)24(15,22)23/h3-6,20H,1-2H3. The third kappa shape index (κ3) is 3.16. The maximum absolute atomic E-state index is 12.8. The van der Waals surface area contributed by atoms with Gasteiger partial charge in [-0.15, -0.1) is 9.00 Å². The smallest absolute Gasteiger partial charge is 0.332 e. The van der Waals surface area contributed by atoms with E-state index in [2.05, 4.69) is 10.2 Å². The zero-order chi connectivity index (χ0) is 18.1. The van der Waals surface area contributed by atoms with E-state index < -0.39 is 26.6 Å². The molecular weight excluding hydrogens is 339 g/mol. The summed E-state index contributed by atoms with van der Waals surface area (Å²) in [5.41, 5.74) is -0.574. The molecule has 1 aromatic heterocycles. The van der Waals surface area contributed by atoms with Crippen LogP contribution in [0.15, 0.2) is 44.2 Å². The van der Waals surface area contributed by atoms with Crippen LogP contribution >= 0.6 is 0 Å². The van der Waals surface area contributed by atoms with E-state index in [9.17, 15) is 22.2 Å². The lowest BCUT2D eigenvalue weighted by Crippen LogP contribution is -2.18. The van der Waals surface area contributed by atoms with Crippen LogP contribution in [-0.2, 0) is 17.3 Å². The number of benzene rings is 1. The summed E-state index contributed by atoms with van der Waals surface area (Å²) in [4.78, 5) is 11.6. The Kier molecular flexibility index (Phi) is 4.48. The van der Waals surface area contributed by atoms with Gasteiger partial charge in [-0.25, -0.2) is 0 Å². The van der Waals surface area contributed by atoms with Crippen molar-refractivity contribution in [1.82, 2.24) is 4.57 Å². The minimum atomic E-state index is -4.81. The van der Waals surface area contributed by atoms with E-state index in [-0.39, 0.29) is 22.5 Å². The van der Waals surface area contributed by atoms with Gasteiger partial charge in [-0.05, 0) is 31.2 Å². The average Bonchev–Trinajstić information content (AvgIpc) is 2.53. The number of hydrogen-bond acceptors (Lipinski definition) is 7. The van der Waals surface area contributed by atoms with Crippen molar-refractivity contribution < 1.29 is 17.4 Å². The van der Waals surface area contributed by atoms with Gasteiger partial charge in [-0.1, -0.05) is 0 Å². The number of aromatic hydroxyl groups is 1. The number of azo groups is 1. The third-order valence-corrected chi connectivity index (χ3v) is 4.11. The van der Waals surface area contributed by atoms with E-state index in [1.165, 1.54) is 26.1 Å². The maximum Gasteiger partial charge on any atom is 0.332 e. The molecule has 1 N–H and O–H groups in total. The van der Waals surface area contributed by atoms with Crippen LogP contribution in [0.1, 0.15) is 11.1 Å². The summed E-state index contributed by atoms with van der Waals surface area (Å²) in [5.74, 6) is -0.476. The van der Waals surface area contributed by atoms with Crippen LogP contribution in [0.5, 0.6) is 5.88 Å². The van der Waals surface area contributed by atoms with E-state index >= 15 is 0 Å². The second-order valence-electron chi connectivity index (χ2n) is 4.78. The van der Waals surface area contributed by atoms with Crippen molar-refractivity contribution in [3.8, 4) is 11.9 Å². The molecule has 0 atom stereocenters. The van der Waals surface area contributed by atoms with Crippen LogP contribution in [0.2, 0.25) is 0 Å². The first kappa shape index (κ1) is 17.3. The summed E-state index contributed by atoms with van der Waals surface area (Å²) >= 11 is 0. The molecule has 2 rings (SSSR count). The van der Waals surface area contributed by atoms with Crippen molar-refractivity contribution >= 4 is 21.6 Å². The van der Waals surface area contributed by atoms with Crippen LogP contribution in [0.4, 0.5) is 15.3 Å². The largest absolute Gasteiger partial charge is 0.493 e. The summed E-state index contributed by atoms with van der Waals surface area (Å²) in [6.45, 7) is 1.44. The molecule has 0 bridgehead atoms. The number of hydrogen-bond donors (Lipinski definition) is 1. The van der Waals surface area contributed by atoms with Crippen LogP contribution < -0.4 is 5.56 Å². The number of rotatable bonds is 3. The molecule has 0 aliphatic carbocycles. The van der Waals surface area contributed by atoms with Gasteiger partial charge in [-0.3, -0.25) is 9.36 Å². The van der Waals surface area contributed by atoms with Crippen LogP contribution in [-0.4, -0.2) is 18.1 Å². The van der Waals surface area contributed by atoms with Gasteiger partial charge >= 0.3 is 10.2 Å². The highest BCUT2D eigenvalue weighted by molar-refractivity contribution is 7.86. The van der Waals surface area contributed by atoms with Crippen molar-refractivity contribution in [3.05, 3.63) is 45.7 Å². The summed E-state index contributed by atoms with van der Waals surface area (Å²) in [5, 5.41) is 26.3. The molecule has 1 heterocycles. The fraction of sp³-hybridized carbons (Fsp3) is 0.143. The number of pyridine rings is 1. The number of aromatic nitrogens is 1. The van der Waals surface area contributed by atoms with Gasteiger partial charge in [-0.2, -0.15) is 18.8 Å². The molecule has 0 aliphatic rings. The topological polar surface area (TPSA) is 125 Å². The summed E-state index contributed by atoms with van der Waals surface area (Å²) in [7, 11) is -3.53. The second-order valence-corrected chi connectivity index (χ2v) is 6.13. The maximum atomic E-state index is 12.8. The Labute approximate surface area is 136 Å². The lowest BCUT2D eigenvalue weighted by atomic mass is 10.1. The molecule has 10 heteroatoms. The molecule has 0 unspecified atom stereocenters. The molecule has 24 heavy (non-hydrogen) atoms. The highest BCUT2D eigenvalue weighted by Crippen LogP contribution is 2.26. The van der Waals surface area contributed by atoms with Crippen LogP contribution in [0.3, 0.4) is 0 Å². The van der Waals surface area contributed by atoms with Crippen molar-refractivity contribution in [2.24, 2.45) is 17.3 Å². The molecule has 0 saturated heterocycles. The summed E-state index contributed by atoms with van der Waals surface area (Å²) < 4.78 is 35.1. The Morgan fingerprint density at radius 3 is 2.33 bits per heavy atom. The first-order valence-electron chi connectivity index (χ1n) is 6.46. The van der Waals surface area contributed by atoms with Gasteiger partial charge in [0.05, 0.1) is 10.6 Å². The van der Waals surface area contributed by atoms with Gasteiger partial charge in [0, 0.05) is 12.6 Å². The van der Waals surface area contributed by atoms with E-state index in [0.29, 0.717) is 0 Å². The number of nitriles is 1. The van der Waals surface area contributed by atoms with Crippen molar-refractivity contribution in [2.45, 2.75) is 11.8 Å². The molecule has 0 fully saturated rings. The molecule has 8 nitrogen and oxygen atoms in total. The molecule has 0 spiro atoms. The van der Waals surface area contributed by atoms with Gasteiger partial charge < -0.3 is 5.11 Å². The molecule has 0 radical (unpaired) electrons. The van der Waals surface area contributed by atoms with Gasteiger partial charge in [0.2, 0.25) is 5.88 Å². The third-order valence-electron chi connectivity index (χ3n) is 3.27. The minimum Gasteiger partial charge on any atom is -0.493 e. The molecular formula is C14H11FN4O4S. The Balaban J connectivity index is 2.49. The van der Waals surface area contributed by atoms with E-state index in [0.717, 1.165) is 16.7 Å². The van der Waals surface area contributed by atoms with E-state index in [1.807, 2.05) is 0 Å². The van der Waals surface area contributed by atoms with Crippen LogP contribution in [0.25, 0.3) is 0 Å². The van der Waals surface area contributed by atoms with Crippen molar-refractivity contribution in [1.29, 1.82) is 5.26 Å². The first-order chi connectivity index (χ1) is 11.2. The normalized spacial score (nSPS) is 11.6. The van der Waals surface area contributed by atoms with Crippen molar-refractivity contribution in [2.75, 3.05) is 0 Å². The monoisotopic (exact) mass is 350 g/mol. The summed E-state index contributed by atoms with van der Waals surface area (Å²) in [6, 6.07) is 6.21. The lowest BCUT2D eigenvalue weighted by Gasteiger charge is -2.08. The number of halogens is 1. The SMILES string of the molecule is Cc1c(C#N)c(O)n(C)c(=O)c1N=Nc1ccc(S(=O)(=O)F)cc1. The van der Waals surface area contributed by atoms with Gasteiger partial charge in [0.25, 0.3) is 5.56 Å². The Hall–Kier alpha value is -3.06. The predicted octanol–water partition coefficient (Wildman–Crippen LogP) is 2.34. The molecule has 2 aromatic rings. The van der Waals surface area contributed by atoms with Gasteiger partial charge in [0.15, 0.2) is 5.69 Å². The molecule has 124 valence electrons. The lowest BCUT2D eigenvalue weighted by molar-refractivity contribution is 0.421. The number of nitrogens with zero attached hydrogens (tertiary/aromatic N) is 4. The quantitative estimate of drug-likeness (QED) is 0.672. The average molecular weight is 350 g/mol. The molecule has 1 aromatic carbocycles. The minimum absolute atomic E-state index is 0.107. The zero-order valence-corrected chi connectivity index (χ0v) is 13.4. The predicted molar refractivity (Wildman–Crippen MR) is 81.7 cm³/mol. The molecule has 0 aliphatic heterocycles.